The van der Waals surface area contributed by atoms with Crippen molar-refractivity contribution in [2.24, 2.45) is 0 Å². The van der Waals surface area contributed by atoms with Crippen molar-refractivity contribution in [1.82, 2.24) is 0 Å². The zero-order valence-electron chi connectivity index (χ0n) is 13.3. The Hall–Kier alpha value is -4.55. The lowest BCUT2D eigenvalue weighted by molar-refractivity contribution is -0.389. The van der Waals surface area contributed by atoms with Crippen LogP contribution in [0, 0.1) is 30.3 Å². The number of nitrogens with zero attached hydrogens (tertiary/aromatic N) is 3. The zero-order valence-corrected chi connectivity index (χ0v) is 13.3. The average molecular weight is 387 g/mol. The highest BCUT2D eigenvalue weighted by atomic mass is 16.6. The molecule has 28 heavy (non-hydrogen) atoms. The van der Waals surface area contributed by atoms with Crippen molar-refractivity contribution in [3.8, 4) is 0 Å². The molecule has 2 aromatic rings. The van der Waals surface area contributed by atoms with Gasteiger partial charge in [-0.1, -0.05) is 6.07 Å². The van der Waals surface area contributed by atoms with Crippen LogP contribution < -0.4 is 0 Å². The van der Waals surface area contributed by atoms with E-state index in [-0.39, 0.29) is 6.07 Å². The van der Waals surface area contributed by atoms with Gasteiger partial charge < -0.3 is 5.11 Å². The van der Waals surface area contributed by atoms with Gasteiger partial charge in [0.1, 0.15) is 22.3 Å². The van der Waals surface area contributed by atoms with E-state index in [0.29, 0.717) is 0 Å². The Morgan fingerprint density at radius 2 is 1.43 bits per heavy atom. The standard InChI is InChI=1S/C15H5N3O10/c19-13-5-2-1-3-7(16(23)24)9(5)14(20)10-8(17(25)26)4-6(15(21)22)12(11(10)13)18(27)28/h1-4H,(H,21,22). The van der Waals surface area contributed by atoms with E-state index >= 15 is 0 Å². The van der Waals surface area contributed by atoms with E-state index in [1.807, 2.05) is 0 Å². The molecule has 3 rings (SSSR count). The molecule has 0 atom stereocenters. The first-order valence-electron chi connectivity index (χ1n) is 7.17. The fourth-order valence-corrected chi connectivity index (χ4v) is 2.99. The molecule has 13 heteroatoms. The number of carboxylic acids is 1. The van der Waals surface area contributed by atoms with Gasteiger partial charge in [0.15, 0.2) is 0 Å². The SMILES string of the molecule is O=C(O)c1cc([N+](=O)[O-])c2c(c1[N+](=O)[O-])C(=O)c1cccc([N+](=O)[O-])c1C2=O. The lowest BCUT2D eigenvalue weighted by Gasteiger charge is -2.18. The highest BCUT2D eigenvalue weighted by Crippen LogP contribution is 2.42. The lowest BCUT2D eigenvalue weighted by atomic mass is 9.80. The third-order valence-electron chi connectivity index (χ3n) is 4.05. The number of carboxylic acid groups (broad SMARTS) is 1. The molecule has 0 heterocycles. The molecule has 0 bridgehead atoms. The predicted molar refractivity (Wildman–Crippen MR) is 86.7 cm³/mol. The number of rotatable bonds is 4. The van der Waals surface area contributed by atoms with Crippen LogP contribution in [0.1, 0.15) is 42.2 Å². The van der Waals surface area contributed by atoms with Gasteiger partial charge in [0, 0.05) is 17.7 Å². The molecule has 1 N–H and O–H groups in total. The summed E-state index contributed by atoms with van der Waals surface area (Å²) >= 11 is 0. The number of nitro benzene ring substituents is 3. The molecule has 0 fully saturated rings. The van der Waals surface area contributed by atoms with E-state index in [4.69, 9.17) is 0 Å². The summed E-state index contributed by atoms with van der Waals surface area (Å²) in [4.78, 5) is 67.5. The smallest absolute Gasteiger partial charge is 0.343 e. The van der Waals surface area contributed by atoms with Gasteiger partial charge in [-0.3, -0.25) is 39.9 Å². The van der Waals surface area contributed by atoms with Crippen LogP contribution in [0.4, 0.5) is 17.1 Å². The van der Waals surface area contributed by atoms with Gasteiger partial charge in [-0.2, -0.15) is 0 Å². The van der Waals surface area contributed by atoms with Crippen molar-refractivity contribution in [2.45, 2.75) is 0 Å². The number of carbonyl (C=O) groups excluding carboxylic acids is 2. The van der Waals surface area contributed by atoms with E-state index in [1.165, 1.54) is 0 Å². The highest BCUT2D eigenvalue weighted by molar-refractivity contribution is 6.33. The Kier molecular flexibility index (Phi) is 3.92. The van der Waals surface area contributed by atoms with E-state index in [9.17, 15) is 49.8 Å². The van der Waals surface area contributed by atoms with Crippen molar-refractivity contribution in [2.75, 3.05) is 0 Å². The Labute approximate surface area is 152 Å². The molecule has 0 unspecified atom stereocenters. The van der Waals surface area contributed by atoms with Gasteiger partial charge >= 0.3 is 5.97 Å². The minimum Gasteiger partial charge on any atom is -0.477 e. The maximum absolute atomic E-state index is 12.8. The second-order valence-electron chi connectivity index (χ2n) is 5.48. The molecule has 2 aromatic carbocycles. The van der Waals surface area contributed by atoms with Crippen LogP contribution in [0.15, 0.2) is 24.3 Å². The van der Waals surface area contributed by atoms with Gasteiger partial charge in [0.25, 0.3) is 17.1 Å². The third-order valence-corrected chi connectivity index (χ3v) is 4.05. The minimum absolute atomic E-state index is 0.282. The molecule has 1 aliphatic rings. The van der Waals surface area contributed by atoms with Crippen molar-refractivity contribution in [1.29, 1.82) is 0 Å². The van der Waals surface area contributed by atoms with Gasteiger partial charge in [-0.15, -0.1) is 0 Å². The largest absolute Gasteiger partial charge is 0.477 e. The van der Waals surface area contributed by atoms with E-state index in [0.717, 1.165) is 18.2 Å². The fraction of sp³-hybridized carbons (Fsp3) is 0. The summed E-state index contributed by atoms with van der Waals surface area (Å²) < 4.78 is 0. The minimum atomic E-state index is -1.93. The summed E-state index contributed by atoms with van der Waals surface area (Å²) in [6.07, 6.45) is 0. The molecule has 0 aromatic heterocycles. The maximum Gasteiger partial charge on any atom is 0.343 e. The molecule has 0 aliphatic heterocycles. The topological polar surface area (TPSA) is 201 Å². The van der Waals surface area contributed by atoms with Crippen LogP contribution in [-0.4, -0.2) is 37.4 Å². The second kappa shape index (κ2) is 6.01. The summed E-state index contributed by atoms with van der Waals surface area (Å²) in [6.45, 7) is 0. The molecule has 140 valence electrons. The average Bonchev–Trinajstić information content (AvgIpc) is 2.63. The quantitative estimate of drug-likeness (QED) is 0.508. The summed E-state index contributed by atoms with van der Waals surface area (Å²) in [5.41, 5.74) is -7.96. The predicted octanol–water partition coefficient (Wildman–Crippen LogP) is 1.88. The first-order valence-corrected chi connectivity index (χ1v) is 7.17. The number of hydrogen-bond acceptors (Lipinski definition) is 9. The summed E-state index contributed by atoms with van der Waals surface area (Å²) in [6, 6.07) is 3.20. The van der Waals surface area contributed by atoms with E-state index < -0.39 is 77.2 Å². The van der Waals surface area contributed by atoms with Gasteiger partial charge in [-0.25, -0.2) is 4.79 Å². The third kappa shape index (κ3) is 2.38. The van der Waals surface area contributed by atoms with Crippen molar-refractivity contribution < 1.29 is 34.3 Å². The normalized spacial score (nSPS) is 12.1. The van der Waals surface area contributed by atoms with E-state index in [1.54, 1.807) is 0 Å². The van der Waals surface area contributed by atoms with Crippen LogP contribution in [0.2, 0.25) is 0 Å². The first-order chi connectivity index (χ1) is 13.1. The number of ketones is 2. The Morgan fingerprint density at radius 1 is 0.821 bits per heavy atom. The molecule has 0 saturated heterocycles. The Morgan fingerprint density at radius 3 is 1.93 bits per heavy atom. The number of carbonyl (C=O) groups is 3. The van der Waals surface area contributed by atoms with Crippen LogP contribution >= 0.6 is 0 Å². The maximum atomic E-state index is 12.8. The monoisotopic (exact) mass is 387 g/mol. The highest BCUT2D eigenvalue weighted by Gasteiger charge is 2.46. The van der Waals surface area contributed by atoms with Crippen LogP contribution in [0.25, 0.3) is 0 Å². The molecular formula is C15H5N3O10. The Bertz CT molecular complexity index is 1170. The van der Waals surface area contributed by atoms with Crippen LogP contribution in [0.3, 0.4) is 0 Å². The molecular weight excluding hydrogens is 382 g/mol. The zero-order chi connectivity index (χ0) is 20.9. The molecule has 1 aliphatic carbocycles. The second-order valence-corrected chi connectivity index (χ2v) is 5.48. The molecule has 0 saturated carbocycles. The molecule has 13 nitrogen and oxygen atoms in total. The van der Waals surface area contributed by atoms with Crippen molar-refractivity contribution >= 4 is 34.6 Å². The number of hydrogen-bond donors (Lipinski definition) is 1. The number of fused-ring (bicyclic) bond motifs is 2. The number of benzene rings is 2. The van der Waals surface area contributed by atoms with Gasteiger partial charge in [0.05, 0.1) is 14.8 Å². The summed E-state index contributed by atoms with van der Waals surface area (Å²) in [5.74, 6) is -4.59. The number of nitro groups is 3. The summed E-state index contributed by atoms with van der Waals surface area (Å²) in [5, 5.41) is 43.1. The van der Waals surface area contributed by atoms with Gasteiger partial charge in [0.2, 0.25) is 11.6 Å². The van der Waals surface area contributed by atoms with Crippen LogP contribution in [-0.2, 0) is 0 Å². The Balaban J connectivity index is 2.55. The van der Waals surface area contributed by atoms with Crippen molar-refractivity contribution in [3.05, 3.63) is 82.4 Å². The molecule has 0 radical (unpaired) electrons. The number of aromatic carboxylic acids is 1. The molecule has 0 amide bonds. The van der Waals surface area contributed by atoms with E-state index in [2.05, 4.69) is 0 Å². The lowest BCUT2D eigenvalue weighted by Crippen LogP contribution is -2.26. The van der Waals surface area contributed by atoms with Gasteiger partial charge in [-0.05, 0) is 6.07 Å². The van der Waals surface area contributed by atoms with Crippen LogP contribution in [0.5, 0.6) is 0 Å². The molecule has 0 spiro atoms. The van der Waals surface area contributed by atoms with Crippen molar-refractivity contribution in [3.63, 3.8) is 0 Å². The first kappa shape index (κ1) is 18.2. The summed E-state index contributed by atoms with van der Waals surface area (Å²) in [7, 11) is 0. The fourth-order valence-electron chi connectivity index (χ4n) is 2.99.